The summed E-state index contributed by atoms with van der Waals surface area (Å²) in [6, 6.07) is 0. The zero-order valence-corrected chi connectivity index (χ0v) is 8.04. The van der Waals surface area contributed by atoms with Gasteiger partial charge in [0.1, 0.15) is 0 Å². The van der Waals surface area contributed by atoms with E-state index in [2.05, 4.69) is 5.32 Å². The SMILES string of the molecule is CNC(=O)CCCOCCOCN. The number of amides is 1. The second kappa shape index (κ2) is 9.44. The summed E-state index contributed by atoms with van der Waals surface area (Å²) in [5, 5.41) is 2.54. The minimum Gasteiger partial charge on any atom is -0.379 e. The molecular weight excluding hydrogens is 172 g/mol. The average Bonchev–Trinajstić information content (AvgIpc) is 2.16. The Morgan fingerprint density at radius 1 is 1.31 bits per heavy atom. The molecule has 0 bridgehead atoms. The van der Waals surface area contributed by atoms with Crippen molar-refractivity contribution in [1.29, 1.82) is 0 Å². The summed E-state index contributed by atoms with van der Waals surface area (Å²) >= 11 is 0. The number of carbonyl (C=O) groups excluding carboxylic acids is 1. The summed E-state index contributed by atoms with van der Waals surface area (Å²) < 4.78 is 10.0. The van der Waals surface area contributed by atoms with Gasteiger partial charge in [-0.2, -0.15) is 0 Å². The number of hydrogen-bond acceptors (Lipinski definition) is 4. The lowest BCUT2D eigenvalue weighted by Gasteiger charge is -2.03. The average molecular weight is 190 g/mol. The van der Waals surface area contributed by atoms with Crippen LogP contribution in [0.1, 0.15) is 12.8 Å². The van der Waals surface area contributed by atoms with Crippen molar-refractivity contribution < 1.29 is 14.3 Å². The maximum absolute atomic E-state index is 10.7. The van der Waals surface area contributed by atoms with Gasteiger partial charge < -0.3 is 20.5 Å². The van der Waals surface area contributed by atoms with Gasteiger partial charge in [-0.05, 0) is 6.42 Å². The standard InChI is InChI=1S/C8H18N2O3/c1-10-8(11)3-2-4-12-5-6-13-7-9/h2-7,9H2,1H3,(H,10,11). The molecule has 1 amide bonds. The van der Waals surface area contributed by atoms with Crippen molar-refractivity contribution in [2.45, 2.75) is 12.8 Å². The highest BCUT2D eigenvalue weighted by atomic mass is 16.5. The van der Waals surface area contributed by atoms with E-state index >= 15 is 0 Å². The van der Waals surface area contributed by atoms with E-state index in [1.165, 1.54) is 0 Å². The third kappa shape index (κ3) is 9.26. The summed E-state index contributed by atoms with van der Waals surface area (Å²) in [5.74, 6) is 0.0433. The first-order chi connectivity index (χ1) is 6.31. The van der Waals surface area contributed by atoms with Gasteiger partial charge in [-0.3, -0.25) is 4.79 Å². The summed E-state index contributed by atoms with van der Waals surface area (Å²) in [5.41, 5.74) is 5.10. The van der Waals surface area contributed by atoms with Crippen molar-refractivity contribution in [1.82, 2.24) is 5.32 Å². The lowest BCUT2D eigenvalue weighted by Crippen LogP contribution is -2.18. The van der Waals surface area contributed by atoms with Crippen LogP contribution in [0.25, 0.3) is 0 Å². The molecular formula is C8H18N2O3. The molecule has 0 saturated carbocycles. The van der Waals surface area contributed by atoms with Crippen LogP contribution in [0.15, 0.2) is 0 Å². The minimum absolute atomic E-state index is 0.0433. The Balaban J connectivity index is 2.95. The number of hydrogen-bond donors (Lipinski definition) is 2. The van der Waals surface area contributed by atoms with Crippen LogP contribution in [0.4, 0.5) is 0 Å². The Bertz CT molecular complexity index is 131. The monoisotopic (exact) mass is 190 g/mol. The van der Waals surface area contributed by atoms with E-state index in [1.807, 2.05) is 0 Å². The Hall–Kier alpha value is -0.650. The zero-order chi connectivity index (χ0) is 9.94. The number of nitrogens with one attached hydrogen (secondary N) is 1. The van der Waals surface area contributed by atoms with Gasteiger partial charge in [-0.15, -0.1) is 0 Å². The number of rotatable bonds is 8. The van der Waals surface area contributed by atoms with E-state index in [1.54, 1.807) is 7.05 Å². The molecule has 0 aromatic rings. The van der Waals surface area contributed by atoms with Gasteiger partial charge in [-0.25, -0.2) is 0 Å². The van der Waals surface area contributed by atoms with Crippen molar-refractivity contribution in [2.75, 3.05) is 33.6 Å². The molecule has 0 aliphatic rings. The molecule has 0 aromatic heterocycles. The largest absolute Gasteiger partial charge is 0.379 e. The van der Waals surface area contributed by atoms with E-state index < -0.39 is 0 Å². The first-order valence-corrected chi connectivity index (χ1v) is 4.37. The third-order valence-corrected chi connectivity index (χ3v) is 1.46. The van der Waals surface area contributed by atoms with Crippen molar-refractivity contribution in [2.24, 2.45) is 5.73 Å². The molecule has 78 valence electrons. The van der Waals surface area contributed by atoms with Crippen molar-refractivity contribution >= 4 is 5.91 Å². The fraction of sp³-hybridized carbons (Fsp3) is 0.875. The van der Waals surface area contributed by atoms with Crippen LogP contribution in [0.2, 0.25) is 0 Å². The van der Waals surface area contributed by atoms with Crippen molar-refractivity contribution in [3.05, 3.63) is 0 Å². The molecule has 0 spiro atoms. The van der Waals surface area contributed by atoms with E-state index in [0.717, 1.165) is 6.42 Å². The Labute approximate surface area is 78.6 Å². The number of ether oxygens (including phenoxy) is 2. The molecule has 0 saturated heterocycles. The van der Waals surface area contributed by atoms with E-state index in [0.29, 0.717) is 26.2 Å². The van der Waals surface area contributed by atoms with Crippen LogP contribution in [0.5, 0.6) is 0 Å². The van der Waals surface area contributed by atoms with Gasteiger partial charge >= 0.3 is 0 Å². The van der Waals surface area contributed by atoms with Crippen LogP contribution in [0.3, 0.4) is 0 Å². The van der Waals surface area contributed by atoms with Gasteiger partial charge in [0.15, 0.2) is 0 Å². The van der Waals surface area contributed by atoms with Crippen molar-refractivity contribution in [3.63, 3.8) is 0 Å². The lowest BCUT2D eigenvalue weighted by molar-refractivity contribution is -0.120. The van der Waals surface area contributed by atoms with E-state index in [4.69, 9.17) is 15.2 Å². The number of carbonyl (C=O) groups is 1. The second-order valence-electron chi connectivity index (χ2n) is 2.46. The quantitative estimate of drug-likeness (QED) is 0.398. The fourth-order valence-corrected chi connectivity index (χ4v) is 0.763. The second-order valence-corrected chi connectivity index (χ2v) is 2.46. The fourth-order valence-electron chi connectivity index (χ4n) is 0.763. The molecule has 5 nitrogen and oxygen atoms in total. The maximum Gasteiger partial charge on any atom is 0.219 e. The van der Waals surface area contributed by atoms with Crippen LogP contribution in [-0.4, -0.2) is 39.5 Å². The van der Waals surface area contributed by atoms with E-state index in [-0.39, 0.29) is 12.6 Å². The molecule has 0 heterocycles. The summed E-state index contributed by atoms with van der Waals surface area (Å²) in [7, 11) is 1.62. The molecule has 0 aliphatic carbocycles. The first kappa shape index (κ1) is 12.3. The van der Waals surface area contributed by atoms with Gasteiger partial charge in [0.2, 0.25) is 5.91 Å². The Morgan fingerprint density at radius 2 is 2.00 bits per heavy atom. The molecule has 5 heteroatoms. The highest BCUT2D eigenvalue weighted by molar-refractivity contribution is 5.75. The normalized spacial score (nSPS) is 10.0. The third-order valence-electron chi connectivity index (χ3n) is 1.46. The highest BCUT2D eigenvalue weighted by Crippen LogP contribution is 1.89. The zero-order valence-electron chi connectivity index (χ0n) is 8.04. The first-order valence-electron chi connectivity index (χ1n) is 4.37. The molecule has 0 atom stereocenters. The molecule has 3 N–H and O–H groups in total. The lowest BCUT2D eigenvalue weighted by atomic mass is 10.3. The van der Waals surface area contributed by atoms with Crippen LogP contribution in [0, 0.1) is 0 Å². The van der Waals surface area contributed by atoms with Gasteiger partial charge in [-0.1, -0.05) is 0 Å². The predicted octanol–water partition coefficient (Wildman–Crippen LogP) is -0.538. The molecule has 0 aromatic carbocycles. The van der Waals surface area contributed by atoms with E-state index in [9.17, 15) is 4.79 Å². The Kier molecular flexibility index (Phi) is 8.97. The van der Waals surface area contributed by atoms with Crippen LogP contribution < -0.4 is 11.1 Å². The molecule has 0 radical (unpaired) electrons. The topological polar surface area (TPSA) is 73.6 Å². The predicted molar refractivity (Wildman–Crippen MR) is 49.1 cm³/mol. The molecule has 0 aliphatic heterocycles. The summed E-state index contributed by atoms with van der Waals surface area (Å²) in [6.07, 6.45) is 1.25. The molecule has 0 rings (SSSR count). The van der Waals surface area contributed by atoms with Crippen LogP contribution in [-0.2, 0) is 14.3 Å². The van der Waals surface area contributed by atoms with Gasteiger partial charge in [0, 0.05) is 20.1 Å². The highest BCUT2D eigenvalue weighted by Gasteiger charge is 1.96. The molecule has 0 unspecified atom stereocenters. The molecule has 0 fully saturated rings. The van der Waals surface area contributed by atoms with Crippen LogP contribution >= 0.6 is 0 Å². The van der Waals surface area contributed by atoms with Gasteiger partial charge in [0.25, 0.3) is 0 Å². The summed E-state index contributed by atoms with van der Waals surface area (Å²) in [4.78, 5) is 10.7. The summed E-state index contributed by atoms with van der Waals surface area (Å²) in [6.45, 7) is 1.85. The smallest absolute Gasteiger partial charge is 0.219 e. The van der Waals surface area contributed by atoms with Gasteiger partial charge in [0.05, 0.1) is 19.9 Å². The minimum atomic E-state index is 0.0433. The molecule has 13 heavy (non-hydrogen) atoms. The Morgan fingerprint density at radius 3 is 2.62 bits per heavy atom. The maximum atomic E-state index is 10.7. The van der Waals surface area contributed by atoms with Crippen molar-refractivity contribution in [3.8, 4) is 0 Å². The number of nitrogens with two attached hydrogens (primary N) is 1.